The maximum absolute atomic E-state index is 12.0. The molecule has 0 spiro atoms. The molecule has 1 rings (SSSR count). The maximum atomic E-state index is 12.0. The van der Waals surface area contributed by atoms with Gasteiger partial charge in [0.1, 0.15) is 5.92 Å². The van der Waals surface area contributed by atoms with Crippen molar-refractivity contribution >= 4 is 11.7 Å². The number of likely N-dealkylation sites (N-methyl/N-ethyl adjacent to an activating group) is 1. The van der Waals surface area contributed by atoms with Crippen LogP contribution in [0.2, 0.25) is 0 Å². The highest BCUT2D eigenvalue weighted by atomic mass is 16.4. The predicted octanol–water partition coefficient (Wildman–Crippen LogP) is 0.215. The van der Waals surface area contributed by atoms with Gasteiger partial charge >= 0.3 is 0 Å². The molecule has 104 valence electrons. The lowest BCUT2D eigenvalue weighted by atomic mass is 9.94. The van der Waals surface area contributed by atoms with Crippen molar-refractivity contribution in [2.24, 2.45) is 22.7 Å². The number of nitrogens with two attached hydrogens (primary N) is 1. The first-order chi connectivity index (χ1) is 8.47. The van der Waals surface area contributed by atoms with Crippen LogP contribution in [0.25, 0.3) is 0 Å². The molecule has 0 heterocycles. The third-order valence-electron chi connectivity index (χ3n) is 3.32. The Balaban J connectivity index is 2.36. The van der Waals surface area contributed by atoms with Gasteiger partial charge in [0.15, 0.2) is 5.84 Å². The molecule has 0 saturated heterocycles. The molecular weight excluding hydrogens is 232 g/mol. The van der Waals surface area contributed by atoms with Gasteiger partial charge in [-0.2, -0.15) is 0 Å². The second-order valence-corrected chi connectivity index (χ2v) is 5.25. The quantitative estimate of drug-likeness (QED) is 0.263. The molecule has 6 heteroatoms. The van der Waals surface area contributed by atoms with Crippen LogP contribution in [0.3, 0.4) is 0 Å². The van der Waals surface area contributed by atoms with E-state index in [9.17, 15) is 4.79 Å². The third-order valence-corrected chi connectivity index (χ3v) is 3.32. The summed E-state index contributed by atoms with van der Waals surface area (Å²) in [5.74, 6) is -0.772. The second-order valence-electron chi connectivity index (χ2n) is 5.25. The summed E-state index contributed by atoms with van der Waals surface area (Å²) in [6.45, 7) is 5.17. The molecule has 18 heavy (non-hydrogen) atoms. The van der Waals surface area contributed by atoms with Gasteiger partial charge in [0.25, 0.3) is 0 Å². The van der Waals surface area contributed by atoms with E-state index < -0.39 is 5.92 Å². The maximum Gasteiger partial charge on any atom is 0.231 e. The number of nitrogens with zero attached hydrogens (tertiary/aromatic N) is 2. The topological polar surface area (TPSA) is 91.0 Å². The predicted molar refractivity (Wildman–Crippen MR) is 70.4 cm³/mol. The first kappa shape index (κ1) is 14.8. The van der Waals surface area contributed by atoms with Crippen molar-refractivity contribution in [2.45, 2.75) is 32.7 Å². The van der Waals surface area contributed by atoms with Crippen molar-refractivity contribution in [3.63, 3.8) is 0 Å². The van der Waals surface area contributed by atoms with Crippen LogP contribution in [0.5, 0.6) is 0 Å². The zero-order valence-corrected chi connectivity index (χ0v) is 11.4. The summed E-state index contributed by atoms with van der Waals surface area (Å²) in [5.41, 5.74) is 5.54. The molecule has 0 aliphatic heterocycles. The number of nitrogens with one attached hydrogen (secondary N) is 1. The van der Waals surface area contributed by atoms with Crippen molar-refractivity contribution in [1.29, 1.82) is 0 Å². The van der Waals surface area contributed by atoms with Crippen LogP contribution in [0.15, 0.2) is 5.16 Å². The van der Waals surface area contributed by atoms with Gasteiger partial charge in [-0.15, -0.1) is 0 Å². The molecule has 1 aliphatic carbocycles. The Morgan fingerprint density at radius 3 is 2.61 bits per heavy atom. The van der Waals surface area contributed by atoms with E-state index in [1.54, 1.807) is 0 Å². The third kappa shape index (κ3) is 4.18. The van der Waals surface area contributed by atoms with E-state index in [1.807, 2.05) is 13.8 Å². The zero-order chi connectivity index (χ0) is 13.7. The number of amidine groups is 1. The van der Waals surface area contributed by atoms with Crippen molar-refractivity contribution in [3.05, 3.63) is 0 Å². The lowest BCUT2D eigenvalue weighted by Gasteiger charge is -2.20. The monoisotopic (exact) mass is 256 g/mol. The summed E-state index contributed by atoms with van der Waals surface area (Å²) < 4.78 is 0. The summed E-state index contributed by atoms with van der Waals surface area (Å²) in [4.78, 5) is 14.2. The minimum absolute atomic E-state index is 0.00191. The van der Waals surface area contributed by atoms with E-state index in [2.05, 4.69) is 22.4 Å². The Bertz CT molecular complexity index is 313. The fourth-order valence-electron chi connectivity index (χ4n) is 2.00. The molecule has 0 radical (unpaired) electrons. The molecule has 0 aromatic carbocycles. The van der Waals surface area contributed by atoms with Crippen LogP contribution in [0, 0.1) is 11.8 Å². The number of oxime groups is 1. The van der Waals surface area contributed by atoms with E-state index in [0.29, 0.717) is 12.6 Å². The Morgan fingerprint density at radius 2 is 2.17 bits per heavy atom. The van der Waals surface area contributed by atoms with Gasteiger partial charge < -0.3 is 21.2 Å². The molecule has 0 aromatic rings. The molecule has 1 amide bonds. The number of rotatable bonds is 7. The van der Waals surface area contributed by atoms with Gasteiger partial charge in [0.05, 0.1) is 0 Å². The van der Waals surface area contributed by atoms with Gasteiger partial charge in [0.2, 0.25) is 5.91 Å². The van der Waals surface area contributed by atoms with Gasteiger partial charge in [0, 0.05) is 19.1 Å². The normalized spacial score (nSPS) is 18.2. The molecular formula is C12H24N4O2. The Kier molecular flexibility index (Phi) is 5.40. The largest absolute Gasteiger partial charge is 0.409 e. The molecule has 1 fully saturated rings. The van der Waals surface area contributed by atoms with Crippen molar-refractivity contribution < 1.29 is 10.0 Å². The zero-order valence-electron chi connectivity index (χ0n) is 11.4. The van der Waals surface area contributed by atoms with E-state index in [1.165, 1.54) is 12.8 Å². The van der Waals surface area contributed by atoms with Gasteiger partial charge in [-0.05, 0) is 25.8 Å². The van der Waals surface area contributed by atoms with Crippen molar-refractivity contribution in [1.82, 2.24) is 10.2 Å². The summed E-state index contributed by atoms with van der Waals surface area (Å²) >= 11 is 0. The highest BCUT2D eigenvalue weighted by molar-refractivity contribution is 6.02. The van der Waals surface area contributed by atoms with E-state index >= 15 is 0 Å². The van der Waals surface area contributed by atoms with E-state index in [4.69, 9.17) is 10.9 Å². The molecule has 1 aliphatic rings. The minimum atomic E-state index is -0.568. The number of hydrogen-bond donors (Lipinski definition) is 3. The summed E-state index contributed by atoms with van der Waals surface area (Å²) in [6.07, 6.45) is 2.51. The average Bonchev–Trinajstić information content (AvgIpc) is 3.12. The first-order valence-electron chi connectivity index (χ1n) is 6.42. The van der Waals surface area contributed by atoms with Crippen LogP contribution in [0.4, 0.5) is 0 Å². The highest BCUT2D eigenvalue weighted by Gasteiger charge is 2.28. The fraction of sp³-hybridized carbons (Fsp3) is 0.833. The van der Waals surface area contributed by atoms with Crippen LogP contribution in [0.1, 0.15) is 26.7 Å². The summed E-state index contributed by atoms with van der Waals surface area (Å²) in [5, 5.41) is 14.4. The molecule has 4 N–H and O–H groups in total. The lowest BCUT2D eigenvalue weighted by Crippen LogP contribution is -2.44. The molecule has 0 bridgehead atoms. The minimum Gasteiger partial charge on any atom is -0.409 e. The van der Waals surface area contributed by atoms with Gasteiger partial charge in [-0.3, -0.25) is 4.79 Å². The van der Waals surface area contributed by atoms with Crippen LogP contribution < -0.4 is 11.1 Å². The lowest BCUT2D eigenvalue weighted by molar-refractivity contribution is -0.124. The summed E-state index contributed by atoms with van der Waals surface area (Å²) in [6, 6.07) is 0.687. The SMILES string of the molecule is CC(C)C(C(=O)NCCN(C)C1CC1)C(N)=NO. The standard InChI is InChI=1S/C12H24N4O2/c1-8(2)10(11(13)15-18)12(17)14-6-7-16(3)9-4-5-9/h8-10,18H,4-7H2,1-3H3,(H2,13,15)(H,14,17). The van der Waals surface area contributed by atoms with Crippen molar-refractivity contribution in [2.75, 3.05) is 20.1 Å². The van der Waals surface area contributed by atoms with Crippen LogP contribution >= 0.6 is 0 Å². The van der Waals surface area contributed by atoms with E-state index in [0.717, 1.165) is 6.54 Å². The summed E-state index contributed by atoms with van der Waals surface area (Å²) in [7, 11) is 2.06. The number of amides is 1. The van der Waals surface area contributed by atoms with Gasteiger partial charge in [-0.1, -0.05) is 19.0 Å². The van der Waals surface area contributed by atoms with Crippen LogP contribution in [-0.2, 0) is 4.79 Å². The van der Waals surface area contributed by atoms with Crippen LogP contribution in [-0.4, -0.2) is 48.0 Å². The van der Waals surface area contributed by atoms with Crippen molar-refractivity contribution in [3.8, 4) is 0 Å². The molecule has 0 aromatic heterocycles. The number of carbonyl (C=O) groups excluding carboxylic acids is 1. The average molecular weight is 256 g/mol. The molecule has 1 unspecified atom stereocenters. The number of carbonyl (C=O) groups is 1. The Hall–Kier alpha value is -1.30. The Labute approximate surface area is 108 Å². The Morgan fingerprint density at radius 1 is 1.56 bits per heavy atom. The fourth-order valence-corrected chi connectivity index (χ4v) is 2.00. The molecule has 1 saturated carbocycles. The van der Waals surface area contributed by atoms with E-state index in [-0.39, 0.29) is 17.7 Å². The number of hydrogen-bond acceptors (Lipinski definition) is 4. The smallest absolute Gasteiger partial charge is 0.231 e. The molecule has 6 nitrogen and oxygen atoms in total. The first-order valence-corrected chi connectivity index (χ1v) is 6.42. The molecule has 1 atom stereocenters. The second kappa shape index (κ2) is 6.58. The van der Waals surface area contributed by atoms with Gasteiger partial charge in [-0.25, -0.2) is 0 Å². The highest BCUT2D eigenvalue weighted by Crippen LogP contribution is 2.24.